The van der Waals surface area contributed by atoms with Gasteiger partial charge in [0.2, 0.25) is 0 Å². The van der Waals surface area contributed by atoms with Crippen LogP contribution in [0.1, 0.15) is 43.6 Å². The Labute approximate surface area is 214 Å². The van der Waals surface area contributed by atoms with Gasteiger partial charge in [-0.3, -0.25) is 4.79 Å². The highest BCUT2D eigenvalue weighted by Gasteiger charge is 2.26. The van der Waals surface area contributed by atoms with Crippen molar-refractivity contribution in [3.63, 3.8) is 0 Å². The highest BCUT2D eigenvalue weighted by Crippen LogP contribution is 2.41. The molecule has 0 bridgehead atoms. The van der Waals surface area contributed by atoms with E-state index in [4.69, 9.17) is 16.3 Å². The second-order valence-electron chi connectivity index (χ2n) is 8.06. The van der Waals surface area contributed by atoms with Crippen molar-refractivity contribution in [1.82, 2.24) is 0 Å². The number of hydrogen-bond acceptors (Lipinski definition) is 4. The molecule has 0 atom stereocenters. The first-order valence-electron chi connectivity index (χ1n) is 11.5. The Hall–Kier alpha value is -3.41. The third kappa shape index (κ3) is 5.81. The minimum Gasteiger partial charge on any atom is -0.462 e. The number of amides is 1. The number of esters is 1. The van der Waals surface area contributed by atoms with E-state index in [9.17, 15) is 9.59 Å². The molecule has 4 rings (SSSR count). The van der Waals surface area contributed by atoms with Crippen LogP contribution in [0.25, 0.3) is 11.1 Å². The number of aryl methyl sites for hydroxylation is 3. The Balaban J connectivity index is 1.65. The standard InChI is InChI=1S/C29H26ClNO3S/c1-3-34-29(33)26-25(22-15-17-23(30)18-16-22)19(2)35-28(26)31-27(32)24-12-8-7-11-21(24)14-13-20-9-5-4-6-10-20/h4-12,15-18H,3,13-14H2,1-2H3,(H,31,32). The summed E-state index contributed by atoms with van der Waals surface area (Å²) >= 11 is 7.43. The van der Waals surface area contributed by atoms with Crippen molar-refractivity contribution >= 4 is 39.8 Å². The number of rotatable bonds is 8. The van der Waals surface area contributed by atoms with Gasteiger partial charge in [-0.1, -0.05) is 72.3 Å². The van der Waals surface area contributed by atoms with Crippen molar-refractivity contribution in [2.45, 2.75) is 26.7 Å². The molecule has 1 amide bonds. The molecule has 0 saturated carbocycles. The first-order chi connectivity index (χ1) is 17.0. The van der Waals surface area contributed by atoms with E-state index < -0.39 is 5.97 Å². The van der Waals surface area contributed by atoms with Gasteiger partial charge in [0.15, 0.2) is 0 Å². The van der Waals surface area contributed by atoms with Crippen molar-refractivity contribution in [1.29, 1.82) is 0 Å². The molecule has 0 aliphatic rings. The molecule has 4 nitrogen and oxygen atoms in total. The number of nitrogens with one attached hydrogen (secondary N) is 1. The average Bonchev–Trinajstić information content (AvgIpc) is 3.19. The average molecular weight is 504 g/mol. The maximum atomic E-state index is 13.4. The van der Waals surface area contributed by atoms with E-state index in [1.165, 1.54) is 16.9 Å². The van der Waals surface area contributed by atoms with Gasteiger partial charge in [-0.25, -0.2) is 4.79 Å². The van der Waals surface area contributed by atoms with Crippen molar-refractivity contribution in [3.8, 4) is 11.1 Å². The first-order valence-corrected chi connectivity index (χ1v) is 12.7. The van der Waals surface area contributed by atoms with Crippen molar-refractivity contribution in [2.24, 2.45) is 0 Å². The quantitative estimate of drug-likeness (QED) is 0.252. The summed E-state index contributed by atoms with van der Waals surface area (Å²) in [7, 11) is 0. The number of anilines is 1. The van der Waals surface area contributed by atoms with Gasteiger partial charge in [-0.2, -0.15) is 0 Å². The van der Waals surface area contributed by atoms with Crippen LogP contribution in [0.5, 0.6) is 0 Å². The molecule has 0 saturated heterocycles. The second-order valence-corrected chi connectivity index (χ2v) is 9.72. The second kappa shape index (κ2) is 11.3. The van der Waals surface area contributed by atoms with Gasteiger partial charge in [0.1, 0.15) is 10.6 Å². The fraction of sp³-hybridized carbons (Fsp3) is 0.172. The Morgan fingerprint density at radius 1 is 0.914 bits per heavy atom. The van der Waals surface area contributed by atoms with E-state index in [2.05, 4.69) is 17.4 Å². The lowest BCUT2D eigenvalue weighted by Crippen LogP contribution is -2.16. The van der Waals surface area contributed by atoms with Gasteiger partial charge >= 0.3 is 5.97 Å². The Bertz CT molecular complexity index is 1330. The number of carbonyl (C=O) groups is 2. The van der Waals surface area contributed by atoms with Crippen LogP contribution >= 0.6 is 22.9 Å². The van der Waals surface area contributed by atoms with Crippen LogP contribution in [-0.2, 0) is 17.6 Å². The van der Waals surface area contributed by atoms with Crippen LogP contribution in [0.15, 0.2) is 78.9 Å². The Morgan fingerprint density at radius 3 is 2.31 bits per heavy atom. The molecule has 3 aromatic carbocycles. The number of hydrogen-bond donors (Lipinski definition) is 1. The summed E-state index contributed by atoms with van der Waals surface area (Å²) in [5, 5.41) is 4.09. The normalized spacial score (nSPS) is 10.7. The smallest absolute Gasteiger partial charge is 0.341 e. The number of carbonyl (C=O) groups excluding carboxylic acids is 2. The molecule has 0 fully saturated rings. The molecule has 0 radical (unpaired) electrons. The van der Waals surface area contributed by atoms with E-state index in [0.29, 0.717) is 21.2 Å². The summed E-state index contributed by atoms with van der Waals surface area (Å²) in [4.78, 5) is 27.3. The lowest BCUT2D eigenvalue weighted by molar-refractivity contribution is 0.0529. The molecule has 6 heteroatoms. The predicted octanol–water partition coefficient (Wildman–Crippen LogP) is 7.59. The van der Waals surface area contributed by atoms with Crippen LogP contribution in [0.4, 0.5) is 5.00 Å². The fourth-order valence-corrected chi connectivity index (χ4v) is 5.23. The fourth-order valence-electron chi connectivity index (χ4n) is 4.05. The summed E-state index contributed by atoms with van der Waals surface area (Å²) in [5.74, 6) is -0.711. The zero-order valence-electron chi connectivity index (χ0n) is 19.6. The van der Waals surface area contributed by atoms with E-state index in [1.54, 1.807) is 19.1 Å². The molecule has 0 aliphatic heterocycles. The first kappa shape index (κ1) is 24.7. The van der Waals surface area contributed by atoms with E-state index in [0.717, 1.165) is 34.4 Å². The van der Waals surface area contributed by atoms with Crippen LogP contribution < -0.4 is 5.32 Å². The molecular weight excluding hydrogens is 478 g/mol. The lowest BCUT2D eigenvalue weighted by atomic mass is 9.99. The van der Waals surface area contributed by atoms with Crippen molar-refractivity contribution in [3.05, 3.63) is 111 Å². The highest BCUT2D eigenvalue weighted by molar-refractivity contribution is 7.17. The number of benzene rings is 3. The highest BCUT2D eigenvalue weighted by atomic mass is 35.5. The summed E-state index contributed by atoms with van der Waals surface area (Å²) in [6.07, 6.45) is 1.57. The molecule has 0 aliphatic carbocycles. The Morgan fingerprint density at radius 2 is 1.60 bits per heavy atom. The number of thiophene rings is 1. The molecule has 0 unspecified atom stereocenters. The van der Waals surface area contributed by atoms with Gasteiger partial charge in [-0.05, 0) is 61.6 Å². The SMILES string of the molecule is CCOC(=O)c1c(NC(=O)c2ccccc2CCc2ccccc2)sc(C)c1-c1ccc(Cl)cc1. The van der Waals surface area contributed by atoms with Gasteiger partial charge in [0, 0.05) is 21.0 Å². The Kier molecular flexibility index (Phi) is 8.01. The van der Waals surface area contributed by atoms with Gasteiger partial charge in [-0.15, -0.1) is 11.3 Å². The minimum absolute atomic E-state index is 0.240. The minimum atomic E-state index is -0.463. The summed E-state index contributed by atoms with van der Waals surface area (Å²) < 4.78 is 5.36. The van der Waals surface area contributed by atoms with E-state index in [1.807, 2.05) is 61.5 Å². The van der Waals surface area contributed by atoms with Crippen LogP contribution in [0, 0.1) is 6.92 Å². The maximum Gasteiger partial charge on any atom is 0.341 e. The van der Waals surface area contributed by atoms with Gasteiger partial charge in [0.25, 0.3) is 5.91 Å². The van der Waals surface area contributed by atoms with Crippen LogP contribution in [0.3, 0.4) is 0 Å². The largest absolute Gasteiger partial charge is 0.462 e. The topological polar surface area (TPSA) is 55.4 Å². The summed E-state index contributed by atoms with van der Waals surface area (Å²) in [5.41, 5.74) is 4.73. The molecule has 0 spiro atoms. The third-order valence-electron chi connectivity index (χ3n) is 5.71. The van der Waals surface area contributed by atoms with E-state index >= 15 is 0 Å². The number of halogens is 1. The molecule has 35 heavy (non-hydrogen) atoms. The lowest BCUT2D eigenvalue weighted by Gasteiger charge is -2.12. The molecule has 4 aromatic rings. The van der Waals surface area contributed by atoms with E-state index in [-0.39, 0.29) is 12.5 Å². The van der Waals surface area contributed by atoms with Crippen molar-refractivity contribution < 1.29 is 14.3 Å². The van der Waals surface area contributed by atoms with Crippen LogP contribution in [0.2, 0.25) is 5.02 Å². The summed E-state index contributed by atoms with van der Waals surface area (Å²) in [6, 6.07) is 25.1. The van der Waals surface area contributed by atoms with Crippen molar-refractivity contribution in [2.75, 3.05) is 11.9 Å². The maximum absolute atomic E-state index is 13.4. The van der Waals surface area contributed by atoms with Crippen LogP contribution in [-0.4, -0.2) is 18.5 Å². The van der Waals surface area contributed by atoms with Gasteiger partial charge in [0.05, 0.1) is 6.61 Å². The zero-order valence-corrected chi connectivity index (χ0v) is 21.2. The molecule has 178 valence electrons. The molecule has 1 heterocycles. The monoisotopic (exact) mass is 503 g/mol. The predicted molar refractivity (Wildman–Crippen MR) is 144 cm³/mol. The zero-order chi connectivity index (χ0) is 24.8. The third-order valence-corrected chi connectivity index (χ3v) is 6.98. The molecule has 1 aromatic heterocycles. The van der Waals surface area contributed by atoms with Gasteiger partial charge < -0.3 is 10.1 Å². The molecular formula is C29H26ClNO3S. The number of ether oxygens (including phenoxy) is 1. The molecule has 1 N–H and O–H groups in total. The summed E-state index contributed by atoms with van der Waals surface area (Å²) in [6.45, 7) is 3.94.